The van der Waals surface area contributed by atoms with Gasteiger partial charge in [0.05, 0.1) is 13.2 Å². The summed E-state index contributed by atoms with van der Waals surface area (Å²) >= 11 is 5.60. The lowest BCUT2D eigenvalue weighted by Gasteiger charge is -2.31. The van der Waals surface area contributed by atoms with E-state index in [0.29, 0.717) is 12.0 Å². The SMILES string of the molecule is BrCC1CC(c2ccccc2)CN1SN1CCOCC1.CC. The zero-order valence-electron chi connectivity index (χ0n) is 13.6. The van der Waals surface area contributed by atoms with Crippen LogP contribution in [0.5, 0.6) is 0 Å². The molecule has 2 aliphatic heterocycles. The molecule has 1 aromatic carbocycles. The van der Waals surface area contributed by atoms with Crippen molar-refractivity contribution in [3.63, 3.8) is 0 Å². The van der Waals surface area contributed by atoms with Crippen LogP contribution in [-0.2, 0) is 4.74 Å². The predicted octanol–water partition coefficient (Wildman–Crippen LogP) is 4.16. The lowest BCUT2D eigenvalue weighted by atomic mass is 9.97. The quantitative estimate of drug-likeness (QED) is 0.569. The molecule has 1 aromatic rings. The van der Waals surface area contributed by atoms with Crippen molar-refractivity contribution in [2.45, 2.75) is 32.2 Å². The summed E-state index contributed by atoms with van der Waals surface area (Å²) in [6, 6.07) is 11.5. The molecule has 3 nitrogen and oxygen atoms in total. The average Bonchev–Trinajstić information content (AvgIpc) is 3.01. The molecule has 2 saturated heterocycles. The van der Waals surface area contributed by atoms with Crippen LogP contribution in [0, 0.1) is 0 Å². The average molecular weight is 387 g/mol. The van der Waals surface area contributed by atoms with E-state index in [0.717, 1.165) is 38.2 Å². The molecule has 5 heteroatoms. The molecular weight excluding hydrogens is 360 g/mol. The number of morpholine rings is 1. The van der Waals surface area contributed by atoms with Crippen LogP contribution in [0.15, 0.2) is 30.3 Å². The van der Waals surface area contributed by atoms with Crippen LogP contribution < -0.4 is 0 Å². The van der Waals surface area contributed by atoms with Gasteiger partial charge in [0.2, 0.25) is 0 Å². The molecule has 0 amide bonds. The number of nitrogens with zero attached hydrogens (tertiary/aromatic N) is 2. The highest BCUT2D eigenvalue weighted by atomic mass is 79.9. The topological polar surface area (TPSA) is 15.7 Å². The van der Waals surface area contributed by atoms with Gasteiger partial charge in [-0.3, -0.25) is 0 Å². The van der Waals surface area contributed by atoms with E-state index in [4.69, 9.17) is 4.74 Å². The Hall–Kier alpha value is -0.0700. The summed E-state index contributed by atoms with van der Waals surface area (Å²) < 4.78 is 10.4. The molecule has 2 atom stereocenters. The van der Waals surface area contributed by atoms with Crippen molar-refractivity contribution in [3.8, 4) is 0 Å². The van der Waals surface area contributed by atoms with E-state index in [2.05, 4.69) is 54.9 Å². The van der Waals surface area contributed by atoms with Gasteiger partial charge in [0.15, 0.2) is 0 Å². The van der Waals surface area contributed by atoms with Crippen LogP contribution in [-0.4, -0.2) is 52.8 Å². The van der Waals surface area contributed by atoms with Gasteiger partial charge in [-0.25, -0.2) is 8.61 Å². The van der Waals surface area contributed by atoms with Crippen molar-refractivity contribution in [1.29, 1.82) is 0 Å². The largest absolute Gasteiger partial charge is 0.379 e. The molecule has 2 unspecified atom stereocenters. The second kappa shape index (κ2) is 9.93. The second-order valence-corrected chi connectivity index (χ2v) is 7.17. The van der Waals surface area contributed by atoms with Crippen molar-refractivity contribution < 1.29 is 4.74 Å². The fraction of sp³-hybridized carbons (Fsp3) is 0.647. The molecule has 0 radical (unpaired) electrons. The van der Waals surface area contributed by atoms with Gasteiger partial charge in [-0.15, -0.1) is 0 Å². The van der Waals surface area contributed by atoms with Gasteiger partial charge in [0.1, 0.15) is 0 Å². The number of hydrogen-bond acceptors (Lipinski definition) is 4. The summed E-state index contributed by atoms with van der Waals surface area (Å²) in [6.07, 6.45) is 1.24. The Bertz CT molecular complexity index is 414. The van der Waals surface area contributed by atoms with E-state index < -0.39 is 0 Å². The standard InChI is InChI=1S/C15H21BrN2OS.C2H6/c16-11-15-10-14(13-4-2-1-3-5-13)12-18(15)20-17-6-8-19-9-7-17;1-2/h1-5,14-15H,6-12H2;1-2H3. The van der Waals surface area contributed by atoms with E-state index in [1.165, 1.54) is 12.0 Å². The molecule has 0 spiro atoms. The minimum atomic E-state index is 0.619. The fourth-order valence-corrected chi connectivity index (χ4v) is 4.83. The maximum atomic E-state index is 5.43. The zero-order valence-corrected chi connectivity index (χ0v) is 16.0. The minimum absolute atomic E-state index is 0.619. The summed E-state index contributed by atoms with van der Waals surface area (Å²) in [6.45, 7) is 8.94. The number of hydrogen-bond donors (Lipinski definition) is 0. The first-order valence-corrected chi connectivity index (χ1v) is 10.1. The molecule has 0 aromatic heterocycles. The van der Waals surface area contributed by atoms with Crippen molar-refractivity contribution >= 4 is 28.1 Å². The van der Waals surface area contributed by atoms with Crippen LogP contribution in [0.2, 0.25) is 0 Å². The van der Waals surface area contributed by atoms with Gasteiger partial charge in [-0.1, -0.05) is 60.1 Å². The highest BCUT2D eigenvalue weighted by Gasteiger charge is 2.34. The van der Waals surface area contributed by atoms with E-state index >= 15 is 0 Å². The van der Waals surface area contributed by atoms with Crippen molar-refractivity contribution in [3.05, 3.63) is 35.9 Å². The Balaban J connectivity index is 0.000000847. The molecule has 2 heterocycles. The predicted molar refractivity (Wildman–Crippen MR) is 99.4 cm³/mol. The van der Waals surface area contributed by atoms with Gasteiger partial charge in [-0.2, -0.15) is 0 Å². The summed E-state index contributed by atoms with van der Waals surface area (Å²) in [4.78, 5) is 0. The summed E-state index contributed by atoms with van der Waals surface area (Å²) in [5, 5.41) is 1.05. The van der Waals surface area contributed by atoms with E-state index in [1.807, 2.05) is 26.0 Å². The third kappa shape index (κ3) is 4.96. The van der Waals surface area contributed by atoms with Crippen LogP contribution in [0.25, 0.3) is 0 Å². The van der Waals surface area contributed by atoms with Gasteiger partial charge in [-0.05, 0) is 17.9 Å². The van der Waals surface area contributed by atoms with Crippen molar-refractivity contribution in [2.75, 3.05) is 38.2 Å². The first-order valence-electron chi connectivity index (χ1n) is 8.25. The van der Waals surface area contributed by atoms with Gasteiger partial charge < -0.3 is 4.74 Å². The highest BCUT2D eigenvalue weighted by molar-refractivity contribution is 9.09. The number of rotatable bonds is 4. The smallest absolute Gasteiger partial charge is 0.0603 e. The molecular formula is C17H27BrN2OS. The summed E-state index contributed by atoms with van der Waals surface area (Å²) in [5.41, 5.74) is 1.48. The van der Waals surface area contributed by atoms with Crippen LogP contribution in [0.4, 0.5) is 0 Å². The monoisotopic (exact) mass is 386 g/mol. The molecule has 22 heavy (non-hydrogen) atoms. The molecule has 0 aliphatic carbocycles. The van der Waals surface area contributed by atoms with Crippen LogP contribution in [0.1, 0.15) is 31.7 Å². The van der Waals surface area contributed by atoms with Gasteiger partial charge in [0.25, 0.3) is 0 Å². The number of benzene rings is 1. The molecule has 3 rings (SSSR count). The molecule has 0 saturated carbocycles. The van der Waals surface area contributed by atoms with E-state index in [1.54, 1.807) is 0 Å². The van der Waals surface area contributed by atoms with E-state index in [-0.39, 0.29) is 0 Å². The lowest BCUT2D eigenvalue weighted by molar-refractivity contribution is 0.0757. The Morgan fingerprint density at radius 3 is 2.50 bits per heavy atom. The lowest BCUT2D eigenvalue weighted by Crippen LogP contribution is -2.36. The minimum Gasteiger partial charge on any atom is -0.379 e. The van der Waals surface area contributed by atoms with Gasteiger partial charge in [0, 0.05) is 43.1 Å². The highest BCUT2D eigenvalue weighted by Crippen LogP contribution is 2.37. The van der Waals surface area contributed by atoms with E-state index in [9.17, 15) is 0 Å². The zero-order chi connectivity index (χ0) is 15.8. The number of ether oxygens (including phenoxy) is 1. The third-order valence-electron chi connectivity index (χ3n) is 4.00. The maximum absolute atomic E-state index is 5.43. The molecule has 0 bridgehead atoms. The summed E-state index contributed by atoms with van der Waals surface area (Å²) in [5.74, 6) is 0.660. The molecule has 2 aliphatic rings. The normalized spacial score (nSPS) is 26.5. The van der Waals surface area contributed by atoms with Crippen LogP contribution >= 0.6 is 28.1 Å². The first kappa shape index (κ1) is 18.3. The second-order valence-electron chi connectivity index (χ2n) is 5.37. The fourth-order valence-electron chi connectivity index (χ4n) is 2.87. The maximum Gasteiger partial charge on any atom is 0.0603 e. The molecule has 0 N–H and O–H groups in total. The number of halogens is 1. The van der Waals surface area contributed by atoms with Gasteiger partial charge >= 0.3 is 0 Å². The molecule has 2 fully saturated rings. The molecule has 124 valence electrons. The Morgan fingerprint density at radius 2 is 1.86 bits per heavy atom. The summed E-state index contributed by atoms with van der Waals surface area (Å²) in [7, 11) is 0. The Labute approximate surface area is 147 Å². The third-order valence-corrected chi connectivity index (χ3v) is 6.00. The Kier molecular flexibility index (Phi) is 8.25. The number of alkyl halides is 1. The van der Waals surface area contributed by atoms with Crippen LogP contribution in [0.3, 0.4) is 0 Å². The van der Waals surface area contributed by atoms with Crippen molar-refractivity contribution in [2.24, 2.45) is 0 Å². The first-order chi connectivity index (χ1) is 10.9. The van der Waals surface area contributed by atoms with Crippen molar-refractivity contribution in [1.82, 2.24) is 8.61 Å². The Morgan fingerprint density at radius 1 is 1.18 bits per heavy atom.